The highest BCUT2D eigenvalue weighted by molar-refractivity contribution is 5.98. The van der Waals surface area contributed by atoms with E-state index in [2.05, 4.69) is 20.9 Å². The lowest BCUT2D eigenvalue weighted by Gasteiger charge is -2.29. The first-order valence-corrected chi connectivity index (χ1v) is 7.90. The molecule has 2 aliphatic heterocycles. The van der Waals surface area contributed by atoms with Crippen LogP contribution in [0.5, 0.6) is 0 Å². The molecule has 5 nitrogen and oxygen atoms in total. The number of nitrogens with one attached hydrogen (secondary N) is 3. The molecule has 3 rings (SSSR count). The second-order valence-electron chi connectivity index (χ2n) is 6.48. The van der Waals surface area contributed by atoms with Crippen LogP contribution in [0.1, 0.15) is 49.9 Å². The quantitative estimate of drug-likeness (QED) is 0.792. The number of piperidine rings is 1. The number of nitrogens with zero attached hydrogens (tertiary/aromatic N) is 1. The highest BCUT2D eigenvalue weighted by Gasteiger charge is 2.34. The number of rotatable bonds is 4. The summed E-state index contributed by atoms with van der Waals surface area (Å²) >= 11 is 0. The number of aromatic nitrogens is 1. The average molecular weight is 288 g/mol. The molecular weight excluding hydrogens is 264 g/mol. The Morgan fingerprint density at radius 3 is 2.71 bits per heavy atom. The van der Waals surface area contributed by atoms with Crippen molar-refractivity contribution in [1.82, 2.24) is 15.6 Å². The van der Waals surface area contributed by atoms with Gasteiger partial charge < -0.3 is 16.0 Å². The molecule has 3 heterocycles. The van der Waals surface area contributed by atoms with Crippen LogP contribution in [0.2, 0.25) is 0 Å². The molecule has 0 radical (unpaired) electrons. The smallest absolute Gasteiger partial charge is 0.255 e. The van der Waals surface area contributed by atoms with Gasteiger partial charge in [-0.2, -0.15) is 0 Å². The van der Waals surface area contributed by atoms with Crippen LogP contribution < -0.4 is 16.0 Å². The number of hydrogen-bond acceptors (Lipinski definition) is 4. The van der Waals surface area contributed by atoms with E-state index < -0.39 is 0 Å². The Labute approximate surface area is 125 Å². The molecule has 2 fully saturated rings. The molecule has 2 bridgehead atoms. The summed E-state index contributed by atoms with van der Waals surface area (Å²) in [6, 6.07) is 5.34. The second kappa shape index (κ2) is 6.02. The Kier molecular flexibility index (Phi) is 4.10. The van der Waals surface area contributed by atoms with Crippen LogP contribution in [0.4, 0.5) is 5.82 Å². The first kappa shape index (κ1) is 14.3. The van der Waals surface area contributed by atoms with Gasteiger partial charge in [-0.05, 0) is 51.7 Å². The van der Waals surface area contributed by atoms with E-state index in [4.69, 9.17) is 0 Å². The third-order valence-electron chi connectivity index (χ3n) is 4.29. The van der Waals surface area contributed by atoms with Gasteiger partial charge in [0.2, 0.25) is 0 Å². The van der Waals surface area contributed by atoms with Crippen LogP contribution >= 0.6 is 0 Å². The van der Waals surface area contributed by atoms with Gasteiger partial charge in [0.15, 0.2) is 0 Å². The Hall–Kier alpha value is -1.62. The van der Waals surface area contributed by atoms with Crippen LogP contribution in [0.25, 0.3) is 0 Å². The molecule has 0 spiro atoms. The van der Waals surface area contributed by atoms with E-state index in [9.17, 15) is 4.79 Å². The molecule has 2 atom stereocenters. The van der Waals surface area contributed by atoms with Crippen molar-refractivity contribution in [3.8, 4) is 0 Å². The molecule has 1 aromatic rings. The largest absolute Gasteiger partial charge is 0.367 e. The van der Waals surface area contributed by atoms with Crippen molar-refractivity contribution in [2.45, 2.75) is 63.7 Å². The highest BCUT2D eigenvalue weighted by Crippen LogP contribution is 2.27. The molecule has 114 valence electrons. The van der Waals surface area contributed by atoms with Crippen molar-refractivity contribution >= 4 is 11.7 Å². The van der Waals surface area contributed by atoms with Gasteiger partial charge in [0.05, 0.1) is 5.56 Å². The lowest BCUT2D eigenvalue weighted by Crippen LogP contribution is -2.48. The lowest BCUT2D eigenvalue weighted by atomic mass is 9.99. The van der Waals surface area contributed by atoms with Gasteiger partial charge in [-0.3, -0.25) is 4.79 Å². The SMILES string of the molecule is CC(C)Nc1ncccc1C(=O)NC1CC2CCC(C1)N2. The third-order valence-corrected chi connectivity index (χ3v) is 4.29. The molecule has 2 unspecified atom stereocenters. The zero-order valence-corrected chi connectivity index (χ0v) is 12.7. The zero-order chi connectivity index (χ0) is 14.8. The maximum Gasteiger partial charge on any atom is 0.255 e. The van der Waals surface area contributed by atoms with E-state index >= 15 is 0 Å². The summed E-state index contributed by atoms with van der Waals surface area (Å²) in [5, 5.41) is 10.0. The first-order valence-electron chi connectivity index (χ1n) is 7.90. The maximum atomic E-state index is 12.5. The normalized spacial score (nSPS) is 27.7. The number of fused-ring (bicyclic) bond motifs is 2. The van der Waals surface area contributed by atoms with Gasteiger partial charge in [-0.15, -0.1) is 0 Å². The molecule has 21 heavy (non-hydrogen) atoms. The molecule has 2 saturated heterocycles. The summed E-state index contributed by atoms with van der Waals surface area (Å²) in [7, 11) is 0. The maximum absolute atomic E-state index is 12.5. The molecule has 0 aromatic carbocycles. The molecule has 0 saturated carbocycles. The van der Waals surface area contributed by atoms with Gasteiger partial charge in [0.1, 0.15) is 5.82 Å². The summed E-state index contributed by atoms with van der Waals surface area (Å²) in [5.41, 5.74) is 0.636. The Bertz CT molecular complexity index is 505. The van der Waals surface area contributed by atoms with E-state index in [-0.39, 0.29) is 18.0 Å². The number of carbonyl (C=O) groups is 1. The predicted molar refractivity (Wildman–Crippen MR) is 83.4 cm³/mol. The number of hydrogen-bond donors (Lipinski definition) is 3. The molecule has 2 aliphatic rings. The number of amides is 1. The van der Waals surface area contributed by atoms with Gasteiger partial charge in [-0.1, -0.05) is 0 Å². The molecule has 3 N–H and O–H groups in total. The van der Waals surface area contributed by atoms with Crippen molar-refractivity contribution in [2.75, 3.05) is 5.32 Å². The molecular formula is C16H24N4O. The standard InChI is InChI=1S/C16H24N4O/c1-10(2)18-15-14(4-3-7-17-15)16(21)20-13-8-11-5-6-12(9-13)19-11/h3-4,7,10-13,19H,5-6,8-9H2,1-2H3,(H,17,18)(H,20,21). The fraction of sp³-hybridized carbons (Fsp3) is 0.625. The van der Waals surface area contributed by atoms with Crippen LogP contribution in [-0.4, -0.2) is 35.1 Å². The van der Waals surface area contributed by atoms with E-state index in [1.54, 1.807) is 6.20 Å². The summed E-state index contributed by atoms with van der Waals surface area (Å²) < 4.78 is 0. The van der Waals surface area contributed by atoms with Crippen molar-refractivity contribution in [2.24, 2.45) is 0 Å². The van der Waals surface area contributed by atoms with E-state index in [1.165, 1.54) is 12.8 Å². The average Bonchev–Trinajstić information content (AvgIpc) is 2.78. The third kappa shape index (κ3) is 3.35. The second-order valence-corrected chi connectivity index (χ2v) is 6.48. The van der Waals surface area contributed by atoms with Crippen LogP contribution in [0.15, 0.2) is 18.3 Å². The number of anilines is 1. The fourth-order valence-corrected chi connectivity index (χ4v) is 3.42. The summed E-state index contributed by atoms with van der Waals surface area (Å²) in [6.07, 6.45) is 6.27. The number of carbonyl (C=O) groups excluding carboxylic acids is 1. The van der Waals surface area contributed by atoms with Gasteiger partial charge >= 0.3 is 0 Å². The number of pyridine rings is 1. The minimum Gasteiger partial charge on any atom is -0.367 e. The fourth-order valence-electron chi connectivity index (χ4n) is 3.42. The monoisotopic (exact) mass is 288 g/mol. The van der Waals surface area contributed by atoms with Crippen molar-refractivity contribution in [3.63, 3.8) is 0 Å². The van der Waals surface area contributed by atoms with Crippen molar-refractivity contribution in [1.29, 1.82) is 0 Å². The van der Waals surface area contributed by atoms with Crippen LogP contribution in [0.3, 0.4) is 0 Å². The Morgan fingerprint density at radius 1 is 1.33 bits per heavy atom. The van der Waals surface area contributed by atoms with Crippen molar-refractivity contribution < 1.29 is 4.79 Å². The van der Waals surface area contributed by atoms with Crippen LogP contribution in [-0.2, 0) is 0 Å². The Morgan fingerprint density at radius 2 is 2.05 bits per heavy atom. The van der Waals surface area contributed by atoms with E-state index in [1.807, 2.05) is 26.0 Å². The zero-order valence-electron chi connectivity index (χ0n) is 12.7. The minimum atomic E-state index is -0.0162. The lowest BCUT2D eigenvalue weighted by molar-refractivity contribution is 0.0924. The van der Waals surface area contributed by atoms with Crippen molar-refractivity contribution in [3.05, 3.63) is 23.9 Å². The molecule has 0 aliphatic carbocycles. The predicted octanol–water partition coefficient (Wildman–Crippen LogP) is 1.91. The molecule has 5 heteroatoms. The topological polar surface area (TPSA) is 66.0 Å². The van der Waals surface area contributed by atoms with Gasteiger partial charge in [-0.25, -0.2) is 4.98 Å². The molecule has 1 aromatic heterocycles. The Balaban J connectivity index is 1.68. The summed E-state index contributed by atoms with van der Waals surface area (Å²) in [6.45, 7) is 4.09. The van der Waals surface area contributed by atoms with Gasteiger partial charge in [0, 0.05) is 30.4 Å². The molecule has 1 amide bonds. The van der Waals surface area contributed by atoms with E-state index in [0.29, 0.717) is 23.5 Å². The minimum absolute atomic E-state index is 0.0162. The van der Waals surface area contributed by atoms with E-state index in [0.717, 1.165) is 12.8 Å². The summed E-state index contributed by atoms with van der Waals surface area (Å²) in [4.78, 5) is 16.8. The van der Waals surface area contributed by atoms with Gasteiger partial charge in [0.25, 0.3) is 5.91 Å². The highest BCUT2D eigenvalue weighted by atomic mass is 16.1. The first-order chi connectivity index (χ1) is 10.1. The summed E-state index contributed by atoms with van der Waals surface area (Å²) in [5.74, 6) is 0.652. The van der Waals surface area contributed by atoms with Crippen LogP contribution in [0, 0.1) is 0 Å².